The van der Waals surface area contributed by atoms with Crippen LogP contribution in [-0.2, 0) is 4.74 Å². The molecule has 2 N–H and O–H groups in total. The number of pyridine rings is 1. The Morgan fingerprint density at radius 2 is 2.10 bits per heavy atom. The predicted octanol–water partition coefficient (Wildman–Crippen LogP) is 2.45. The van der Waals surface area contributed by atoms with Crippen molar-refractivity contribution in [1.82, 2.24) is 19.6 Å². The molecule has 4 aromatic rings. The molecule has 4 aromatic heterocycles. The summed E-state index contributed by atoms with van der Waals surface area (Å²) in [7, 11) is 1.69. The SMILES string of the molecule is COC1CN(c2cc(C(N)=O)cc(-c3cnn4ccc(-c5cccs5)nc34)n2)C1. The molecule has 9 heteroatoms. The molecule has 0 spiro atoms. The van der Waals surface area contributed by atoms with Crippen LogP contribution in [0.3, 0.4) is 0 Å². The molecule has 0 saturated carbocycles. The highest BCUT2D eigenvalue weighted by molar-refractivity contribution is 7.13. The zero-order valence-electron chi connectivity index (χ0n) is 15.6. The fraction of sp³-hybridized carbons (Fsp3) is 0.200. The Morgan fingerprint density at radius 1 is 1.24 bits per heavy atom. The molecule has 0 aromatic carbocycles. The van der Waals surface area contributed by atoms with Crippen molar-refractivity contribution >= 4 is 28.7 Å². The number of anilines is 1. The molecular weight excluding hydrogens is 388 g/mol. The lowest BCUT2D eigenvalue weighted by molar-refractivity contribution is 0.0783. The van der Waals surface area contributed by atoms with E-state index in [1.54, 1.807) is 41.3 Å². The van der Waals surface area contributed by atoms with Gasteiger partial charge in [0, 0.05) is 32.0 Å². The number of primary amides is 1. The van der Waals surface area contributed by atoms with E-state index >= 15 is 0 Å². The first kappa shape index (κ1) is 17.8. The number of carbonyl (C=O) groups excluding carboxylic acids is 1. The van der Waals surface area contributed by atoms with E-state index in [-0.39, 0.29) is 6.10 Å². The van der Waals surface area contributed by atoms with Gasteiger partial charge < -0.3 is 15.4 Å². The predicted molar refractivity (Wildman–Crippen MR) is 111 cm³/mol. The fourth-order valence-corrected chi connectivity index (χ4v) is 4.04. The summed E-state index contributed by atoms with van der Waals surface area (Å²) in [6.45, 7) is 1.45. The van der Waals surface area contributed by atoms with Crippen molar-refractivity contribution in [1.29, 1.82) is 0 Å². The average Bonchev–Trinajstić information content (AvgIpc) is 3.36. The maximum absolute atomic E-state index is 11.9. The minimum atomic E-state index is -0.498. The van der Waals surface area contributed by atoms with Crippen molar-refractivity contribution in [2.45, 2.75) is 6.10 Å². The Bertz CT molecular complexity index is 1200. The van der Waals surface area contributed by atoms with Gasteiger partial charge >= 0.3 is 0 Å². The van der Waals surface area contributed by atoms with Gasteiger partial charge in [0.2, 0.25) is 5.91 Å². The molecule has 1 fully saturated rings. The van der Waals surface area contributed by atoms with Gasteiger partial charge in [0.15, 0.2) is 5.65 Å². The molecule has 0 unspecified atom stereocenters. The van der Waals surface area contributed by atoms with Gasteiger partial charge in [0.05, 0.1) is 34.1 Å². The molecule has 0 bridgehead atoms. The van der Waals surface area contributed by atoms with E-state index in [4.69, 9.17) is 20.4 Å². The second-order valence-electron chi connectivity index (χ2n) is 6.84. The van der Waals surface area contributed by atoms with Gasteiger partial charge in [-0.25, -0.2) is 14.5 Å². The van der Waals surface area contributed by atoms with Gasteiger partial charge in [0.25, 0.3) is 0 Å². The van der Waals surface area contributed by atoms with Crippen LogP contribution in [0.2, 0.25) is 0 Å². The van der Waals surface area contributed by atoms with E-state index in [0.29, 0.717) is 22.7 Å². The standard InChI is InChI=1S/C20H18N6O2S/c1-28-13-10-25(11-13)18-8-12(19(21)27)7-16(23-18)14-9-22-26-5-4-15(24-20(14)26)17-3-2-6-29-17/h2-9,13H,10-11H2,1H3,(H2,21,27). The molecule has 1 aliphatic heterocycles. The highest BCUT2D eigenvalue weighted by atomic mass is 32.1. The second kappa shape index (κ2) is 6.94. The van der Waals surface area contributed by atoms with Crippen molar-refractivity contribution in [3.63, 3.8) is 0 Å². The topological polar surface area (TPSA) is 98.6 Å². The summed E-state index contributed by atoms with van der Waals surface area (Å²) in [5.74, 6) is 0.195. The van der Waals surface area contributed by atoms with Crippen LogP contribution in [0.5, 0.6) is 0 Å². The van der Waals surface area contributed by atoms with Crippen molar-refractivity contribution < 1.29 is 9.53 Å². The Hall–Kier alpha value is -3.30. The van der Waals surface area contributed by atoms with Crippen LogP contribution in [-0.4, -0.2) is 51.8 Å². The number of fused-ring (bicyclic) bond motifs is 1. The molecule has 5 rings (SSSR count). The largest absolute Gasteiger partial charge is 0.378 e. The lowest BCUT2D eigenvalue weighted by atomic mass is 10.1. The fourth-order valence-electron chi connectivity index (χ4n) is 3.34. The number of rotatable bonds is 5. The van der Waals surface area contributed by atoms with Crippen LogP contribution in [0.25, 0.3) is 27.5 Å². The molecule has 8 nitrogen and oxygen atoms in total. The Balaban J connectivity index is 1.61. The second-order valence-corrected chi connectivity index (χ2v) is 7.79. The summed E-state index contributed by atoms with van der Waals surface area (Å²) in [6.07, 6.45) is 3.76. The zero-order chi connectivity index (χ0) is 20.0. The maximum atomic E-state index is 11.9. The van der Waals surface area contributed by atoms with Crippen molar-refractivity contribution in [2.24, 2.45) is 5.73 Å². The van der Waals surface area contributed by atoms with Crippen molar-refractivity contribution in [3.8, 4) is 21.8 Å². The van der Waals surface area contributed by atoms with E-state index in [2.05, 4.69) is 10.00 Å². The summed E-state index contributed by atoms with van der Waals surface area (Å²) in [5.41, 5.74) is 8.88. The quantitative estimate of drug-likeness (QED) is 0.547. The molecule has 1 saturated heterocycles. The third-order valence-corrected chi connectivity index (χ3v) is 5.91. The normalized spacial score (nSPS) is 14.3. The first-order valence-corrected chi connectivity index (χ1v) is 9.98. The van der Waals surface area contributed by atoms with E-state index in [9.17, 15) is 4.79 Å². The monoisotopic (exact) mass is 406 g/mol. The maximum Gasteiger partial charge on any atom is 0.248 e. The van der Waals surface area contributed by atoms with Gasteiger partial charge in [-0.1, -0.05) is 6.07 Å². The average molecular weight is 406 g/mol. The third kappa shape index (κ3) is 3.14. The minimum Gasteiger partial charge on any atom is -0.378 e. The number of hydrogen-bond acceptors (Lipinski definition) is 7. The van der Waals surface area contributed by atoms with Gasteiger partial charge in [-0.2, -0.15) is 5.10 Å². The Kier molecular flexibility index (Phi) is 4.26. The first-order chi connectivity index (χ1) is 14.1. The van der Waals surface area contributed by atoms with Gasteiger partial charge in [0.1, 0.15) is 5.82 Å². The summed E-state index contributed by atoms with van der Waals surface area (Å²) in [6, 6.07) is 9.36. The molecule has 0 atom stereocenters. The molecule has 5 heterocycles. The van der Waals surface area contributed by atoms with E-state index in [1.807, 2.05) is 29.8 Å². The highest BCUT2D eigenvalue weighted by Gasteiger charge is 2.28. The zero-order valence-corrected chi connectivity index (χ0v) is 16.5. The number of amides is 1. The number of nitrogens with zero attached hydrogens (tertiary/aromatic N) is 5. The molecule has 0 radical (unpaired) electrons. The minimum absolute atomic E-state index is 0.171. The van der Waals surface area contributed by atoms with E-state index < -0.39 is 5.91 Å². The van der Waals surface area contributed by atoms with E-state index in [0.717, 1.165) is 29.2 Å². The lowest BCUT2D eigenvalue weighted by Crippen LogP contribution is -2.52. The van der Waals surface area contributed by atoms with Gasteiger partial charge in [-0.15, -0.1) is 11.3 Å². The van der Waals surface area contributed by atoms with Crippen LogP contribution in [0, 0.1) is 0 Å². The van der Waals surface area contributed by atoms with Gasteiger partial charge in [-0.3, -0.25) is 4.79 Å². The van der Waals surface area contributed by atoms with Crippen LogP contribution >= 0.6 is 11.3 Å². The Morgan fingerprint density at radius 3 is 2.83 bits per heavy atom. The van der Waals surface area contributed by atoms with Gasteiger partial charge in [-0.05, 0) is 29.6 Å². The molecule has 0 aliphatic carbocycles. The molecule has 29 heavy (non-hydrogen) atoms. The number of ether oxygens (including phenoxy) is 1. The van der Waals surface area contributed by atoms with Crippen LogP contribution in [0.4, 0.5) is 5.82 Å². The number of nitrogens with two attached hydrogens (primary N) is 1. The molecular formula is C20H18N6O2S. The number of hydrogen-bond donors (Lipinski definition) is 1. The van der Waals surface area contributed by atoms with Crippen molar-refractivity contribution in [2.75, 3.05) is 25.1 Å². The smallest absolute Gasteiger partial charge is 0.248 e. The highest BCUT2D eigenvalue weighted by Crippen LogP contribution is 2.30. The van der Waals surface area contributed by atoms with Crippen LogP contribution in [0.15, 0.2) is 48.1 Å². The summed E-state index contributed by atoms with van der Waals surface area (Å²) in [5, 5.41) is 6.41. The first-order valence-electron chi connectivity index (χ1n) is 9.10. The number of thiophene rings is 1. The van der Waals surface area contributed by atoms with Crippen LogP contribution < -0.4 is 10.6 Å². The van der Waals surface area contributed by atoms with Crippen LogP contribution in [0.1, 0.15) is 10.4 Å². The third-order valence-electron chi connectivity index (χ3n) is 5.02. The summed E-state index contributed by atoms with van der Waals surface area (Å²) in [4.78, 5) is 24.6. The molecule has 1 aliphatic rings. The number of aromatic nitrogens is 4. The molecule has 1 amide bonds. The summed E-state index contributed by atoms with van der Waals surface area (Å²) >= 11 is 1.63. The summed E-state index contributed by atoms with van der Waals surface area (Å²) < 4.78 is 7.04. The lowest BCUT2D eigenvalue weighted by Gasteiger charge is -2.39. The molecule has 146 valence electrons. The van der Waals surface area contributed by atoms with E-state index in [1.165, 1.54) is 0 Å². The number of carbonyl (C=O) groups is 1. The van der Waals surface area contributed by atoms with Crippen molar-refractivity contribution in [3.05, 3.63) is 53.7 Å². The number of methoxy groups -OCH3 is 1. The Labute approximate surface area is 170 Å².